The Bertz CT molecular complexity index is 2020. The van der Waals surface area contributed by atoms with E-state index in [1.54, 1.807) is 67.8 Å². The molecule has 7 nitrogen and oxygen atoms in total. The summed E-state index contributed by atoms with van der Waals surface area (Å²) in [5, 5.41) is 0. The zero-order chi connectivity index (χ0) is 33.3. The number of aryl methyl sites for hydroxylation is 1. The van der Waals surface area contributed by atoms with Crippen LogP contribution in [0.15, 0.2) is 155 Å². The third-order valence-electron chi connectivity index (χ3n) is 7.38. The fourth-order valence-electron chi connectivity index (χ4n) is 4.86. The predicted octanol–water partition coefficient (Wildman–Crippen LogP) is 10.6. The molecular weight excluding hydrogens is 625 g/mol. The largest absolute Gasteiger partial charge is 0.497 e. The van der Waals surface area contributed by atoms with E-state index >= 15 is 0 Å². The van der Waals surface area contributed by atoms with E-state index in [-0.39, 0.29) is 9.79 Å². The van der Waals surface area contributed by atoms with Crippen LogP contribution in [-0.2, 0) is 16.3 Å². The summed E-state index contributed by atoms with van der Waals surface area (Å²) in [5.74, 6) is 5.75. The highest BCUT2D eigenvalue weighted by Crippen LogP contribution is 2.31. The number of methoxy groups -OCH3 is 1. The molecule has 48 heavy (non-hydrogen) atoms. The molecule has 0 bridgehead atoms. The van der Waals surface area contributed by atoms with Gasteiger partial charge in [0.25, 0.3) is 0 Å². The molecule has 0 saturated heterocycles. The summed E-state index contributed by atoms with van der Waals surface area (Å²) in [7, 11) is -2.14. The molecule has 0 aliphatic rings. The maximum Gasteiger partial charge on any atom is 0.206 e. The Hall–Kier alpha value is -5.73. The second-order valence-corrected chi connectivity index (χ2v) is 12.8. The first-order chi connectivity index (χ1) is 23.4. The van der Waals surface area contributed by atoms with Crippen LogP contribution in [0.5, 0.6) is 51.7 Å². The van der Waals surface area contributed by atoms with Gasteiger partial charge in [-0.1, -0.05) is 25.5 Å². The van der Waals surface area contributed by atoms with E-state index in [0.717, 1.165) is 24.3 Å². The van der Waals surface area contributed by atoms with Gasteiger partial charge in [-0.05, 0) is 145 Å². The molecule has 0 aliphatic heterocycles. The molecule has 0 unspecified atom stereocenters. The lowest BCUT2D eigenvalue weighted by Crippen LogP contribution is -2.01. The first-order valence-corrected chi connectivity index (χ1v) is 17.0. The van der Waals surface area contributed by atoms with Crippen molar-refractivity contribution in [3.63, 3.8) is 0 Å². The van der Waals surface area contributed by atoms with Gasteiger partial charge >= 0.3 is 0 Å². The zero-order valence-electron chi connectivity index (χ0n) is 26.5. The molecule has 0 fully saturated rings. The third kappa shape index (κ3) is 8.15. The summed E-state index contributed by atoms with van der Waals surface area (Å²) >= 11 is 0. The Labute approximate surface area is 280 Å². The van der Waals surface area contributed by atoms with Gasteiger partial charge in [0.15, 0.2) is 0 Å². The molecule has 6 aromatic carbocycles. The lowest BCUT2D eigenvalue weighted by Gasteiger charge is -2.11. The van der Waals surface area contributed by atoms with E-state index < -0.39 is 9.84 Å². The van der Waals surface area contributed by atoms with Gasteiger partial charge < -0.3 is 23.7 Å². The van der Waals surface area contributed by atoms with Crippen LogP contribution in [0.4, 0.5) is 0 Å². The van der Waals surface area contributed by atoms with Gasteiger partial charge in [0.2, 0.25) is 9.84 Å². The third-order valence-corrected chi connectivity index (χ3v) is 9.17. The van der Waals surface area contributed by atoms with Crippen molar-refractivity contribution in [3.8, 4) is 51.7 Å². The number of hydrogen-bond donors (Lipinski definition) is 0. The van der Waals surface area contributed by atoms with Crippen LogP contribution in [-0.4, -0.2) is 15.5 Å². The highest BCUT2D eigenvalue weighted by molar-refractivity contribution is 7.91. The first-order valence-electron chi connectivity index (χ1n) is 15.5. The van der Waals surface area contributed by atoms with Crippen molar-refractivity contribution in [2.24, 2.45) is 0 Å². The van der Waals surface area contributed by atoms with E-state index in [0.29, 0.717) is 40.2 Å². The lowest BCUT2D eigenvalue weighted by molar-refractivity contribution is 0.413. The highest BCUT2D eigenvalue weighted by atomic mass is 32.2. The van der Waals surface area contributed by atoms with Crippen molar-refractivity contribution in [1.82, 2.24) is 0 Å². The second-order valence-electron chi connectivity index (χ2n) is 10.9. The van der Waals surface area contributed by atoms with E-state index in [1.807, 2.05) is 48.5 Å². The molecule has 0 N–H and O–H groups in total. The number of hydrogen-bond acceptors (Lipinski definition) is 7. The molecule has 0 atom stereocenters. The van der Waals surface area contributed by atoms with Gasteiger partial charge in [0.05, 0.1) is 16.9 Å². The molecule has 0 heterocycles. The van der Waals surface area contributed by atoms with E-state index in [9.17, 15) is 8.42 Å². The van der Waals surface area contributed by atoms with Crippen LogP contribution in [0.1, 0.15) is 18.9 Å². The molecule has 6 aromatic rings. The monoisotopic (exact) mass is 658 g/mol. The molecule has 0 radical (unpaired) electrons. The van der Waals surface area contributed by atoms with Crippen molar-refractivity contribution in [1.29, 1.82) is 0 Å². The minimum absolute atomic E-state index is 0.155. The fraction of sp³-hybridized carbons (Fsp3) is 0.100. The minimum Gasteiger partial charge on any atom is -0.497 e. The molecule has 0 spiro atoms. The first kappa shape index (κ1) is 32.2. The van der Waals surface area contributed by atoms with Crippen molar-refractivity contribution in [2.45, 2.75) is 29.6 Å². The van der Waals surface area contributed by atoms with Crippen molar-refractivity contribution >= 4 is 9.84 Å². The van der Waals surface area contributed by atoms with Gasteiger partial charge in [-0.25, -0.2) is 8.42 Å². The predicted molar refractivity (Wildman–Crippen MR) is 185 cm³/mol. The molecule has 0 amide bonds. The molecule has 242 valence electrons. The van der Waals surface area contributed by atoms with E-state index in [2.05, 4.69) is 19.1 Å². The molecule has 0 saturated carbocycles. The van der Waals surface area contributed by atoms with Gasteiger partial charge in [0, 0.05) is 0 Å². The van der Waals surface area contributed by atoms with Crippen molar-refractivity contribution in [2.75, 3.05) is 7.11 Å². The summed E-state index contributed by atoms with van der Waals surface area (Å²) in [4.78, 5) is 0.312. The summed E-state index contributed by atoms with van der Waals surface area (Å²) in [6, 6.07) is 42.4. The fourth-order valence-corrected chi connectivity index (χ4v) is 6.12. The van der Waals surface area contributed by atoms with Crippen LogP contribution in [0.2, 0.25) is 0 Å². The molecule has 8 heteroatoms. The average Bonchev–Trinajstić information content (AvgIpc) is 3.12. The molecule has 0 aliphatic carbocycles. The number of ether oxygens (including phenoxy) is 5. The van der Waals surface area contributed by atoms with Gasteiger partial charge in [0.1, 0.15) is 51.7 Å². The second kappa shape index (κ2) is 14.8. The Morgan fingerprint density at radius 2 is 0.646 bits per heavy atom. The molecule has 0 aromatic heterocycles. The van der Waals surface area contributed by atoms with Gasteiger partial charge in [-0.3, -0.25) is 0 Å². The number of sulfone groups is 1. The smallest absolute Gasteiger partial charge is 0.206 e. The topological polar surface area (TPSA) is 80.3 Å². The van der Waals surface area contributed by atoms with E-state index in [1.165, 1.54) is 29.8 Å². The zero-order valence-corrected chi connectivity index (χ0v) is 27.4. The summed E-state index contributed by atoms with van der Waals surface area (Å²) in [6.45, 7) is 2.16. The Balaban J connectivity index is 1.03. The van der Waals surface area contributed by atoms with Gasteiger partial charge in [-0.2, -0.15) is 0 Å². The SMILES string of the molecule is CCCc1ccc(Oc2ccc(Oc3ccc(S(=O)(=O)c4ccc(Oc5ccc(Oc6ccc(OC)cc6)cc5)cc4)cc3)cc2)cc1. The highest BCUT2D eigenvalue weighted by Gasteiger charge is 2.18. The number of rotatable bonds is 13. The van der Waals surface area contributed by atoms with Gasteiger partial charge in [-0.15, -0.1) is 0 Å². The van der Waals surface area contributed by atoms with Crippen LogP contribution >= 0.6 is 0 Å². The van der Waals surface area contributed by atoms with Crippen LogP contribution < -0.4 is 23.7 Å². The van der Waals surface area contributed by atoms with Crippen LogP contribution in [0, 0.1) is 0 Å². The summed E-state index contributed by atoms with van der Waals surface area (Å²) < 4.78 is 55.5. The lowest BCUT2D eigenvalue weighted by atomic mass is 10.1. The summed E-state index contributed by atoms with van der Waals surface area (Å²) in [5.41, 5.74) is 1.28. The summed E-state index contributed by atoms with van der Waals surface area (Å²) in [6.07, 6.45) is 2.15. The normalized spacial score (nSPS) is 11.0. The van der Waals surface area contributed by atoms with Crippen molar-refractivity contribution in [3.05, 3.63) is 151 Å². The van der Waals surface area contributed by atoms with Crippen LogP contribution in [0.3, 0.4) is 0 Å². The quantitative estimate of drug-likeness (QED) is 0.122. The standard InChI is InChI=1S/C40H34O7S/c1-3-4-29-5-7-31(8-6-29)44-33-13-17-35(18-14-33)46-37-21-25-39(26-22-37)48(41,42)40-27-23-38(24-28-40)47-36-19-15-34(16-20-36)45-32-11-9-30(43-2)10-12-32/h5-28H,3-4H2,1-2H3. The average molecular weight is 659 g/mol. The molecular formula is C40H34O7S. The molecule has 6 rings (SSSR count). The Morgan fingerprint density at radius 3 is 0.917 bits per heavy atom. The maximum absolute atomic E-state index is 13.3. The maximum atomic E-state index is 13.3. The van der Waals surface area contributed by atoms with Crippen LogP contribution in [0.25, 0.3) is 0 Å². The Kier molecular flexibility index (Phi) is 9.93. The Morgan fingerprint density at radius 1 is 0.396 bits per heavy atom. The van der Waals surface area contributed by atoms with Crippen molar-refractivity contribution < 1.29 is 32.1 Å². The minimum atomic E-state index is -3.75. The number of benzene rings is 6. The van der Waals surface area contributed by atoms with E-state index in [4.69, 9.17) is 23.7 Å².